The highest BCUT2D eigenvalue weighted by Crippen LogP contribution is 2.22. The predicted octanol–water partition coefficient (Wildman–Crippen LogP) is 3.52. The van der Waals surface area contributed by atoms with E-state index in [-0.39, 0.29) is 29.1 Å². The first-order chi connectivity index (χ1) is 13.9. The normalized spacial score (nSPS) is 10.4. The number of esters is 1. The second kappa shape index (κ2) is 8.34. The van der Waals surface area contributed by atoms with Crippen LogP contribution in [0.15, 0.2) is 54.7 Å². The molecule has 0 spiro atoms. The van der Waals surface area contributed by atoms with Gasteiger partial charge in [0, 0.05) is 29.1 Å². The standard InChI is InChI=1S/C20H18N4O5/c1-3-29-20(26)17-10-11-23(22-17)15-7-4-6-14(12-15)21-19(25)16-8-5-9-18(13(16)2)24(27)28/h4-12H,3H2,1-2H3,(H,21,25). The fourth-order valence-corrected chi connectivity index (χ4v) is 2.77. The molecular formula is C20H18N4O5. The van der Waals surface area contributed by atoms with Crippen molar-refractivity contribution in [2.45, 2.75) is 13.8 Å². The van der Waals surface area contributed by atoms with Crippen LogP contribution in [0.25, 0.3) is 5.69 Å². The first-order valence-electron chi connectivity index (χ1n) is 8.79. The fraction of sp³-hybridized carbons (Fsp3) is 0.150. The average Bonchev–Trinajstić information content (AvgIpc) is 3.18. The summed E-state index contributed by atoms with van der Waals surface area (Å²) in [6.45, 7) is 3.50. The maximum absolute atomic E-state index is 12.6. The van der Waals surface area contributed by atoms with E-state index in [1.165, 1.54) is 35.9 Å². The van der Waals surface area contributed by atoms with Crippen LogP contribution < -0.4 is 5.32 Å². The van der Waals surface area contributed by atoms with Crippen LogP contribution in [0.2, 0.25) is 0 Å². The molecule has 2 aromatic carbocycles. The summed E-state index contributed by atoms with van der Waals surface area (Å²) in [6, 6.07) is 12.7. The second-order valence-electron chi connectivity index (χ2n) is 6.08. The van der Waals surface area contributed by atoms with Gasteiger partial charge in [0.2, 0.25) is 0 Å². The average molecular weight is 394 g/mol. The van der Waals surface area contributed by atoms with Crippen LogP contribution in [0.5, 0.6) is 0 Å². The number of hydrogen-bond donors (Lipinski definition) is 1. The minimum atomic E-state index is -0.522. The quantitative estimate of drug-likeness (QED) is 0.388. The number of nitrogens with one attached hydrogen (secondary N) is 1. The van der Waals surface area contributed by atoms with Gasteiger partial charge in [0.1, 0.15) is 0 Å². The molecule has 1 N–H and O–H groups in total. The van der Waals surface area contributed by atoms with Crippen LogP contribution in [0.1, 0.15) is 33.3 Å². The zero-order chi connectivity index (χ0) is 21.0. The van der Waals surface area contributed by atoms with Gasteiger partial charge in [0.15, 0.2) is 5.69 Å². The molecule has 9 nitrogen and oxygen atoms in total. The first-order valence-corrected chi connectivity index (χ1v) is 8.79. The van der Waals surface area contributed by atoms with E-state index in [9.17, 15) is 19.7 Å². The number of amides is 1. The van der Waals surface area contributed by atoms with E-state index in [0.717, 1.165) is 0 Å². The summed E-state index contributed by atoms with van der Waals surface area (Å²) in [6.07, 6.45) is 1.61. The molecule has 0 radical (unpaired) electrons. The van der Waals surface area contributed by atoms with Gasteiger partial charge >= 0.3 is 5.97 Å². The molecular weight excluding hydrogens is 376 g/mol. The summed E-state index contributed by atoms with van der Waals surface area (Å²) in [5, 5.41) is 18.0. The van der Waals surface area contributed by atoms with E-state index in [1.54, 1.807) is 37.4 Å². The molecule has 148 valence electrons. The number of carbonyl (C=O) groups excluding carboxylic acids is 2. The van der Waals surface area contributed by atoms with Crippen LogP contribution >= 0.6 is 0 Å². The number of rotatable bonds is 6. The Morgan fingerprint density at radius 3 is 2.69 bits per heavy atom. The van der Waals surface area contributed by atoms with Crippen molar-refractivity contribution in [3.8, 4) is 5.69 Å². The highest BCUT2D eigenvalue weighted by atomic mass is 16.6. The lowest BCUT2D eigenvalue weighted by atomic mass is 10.1. The summed E-state index contributed by atoms with van der Waals surface area (Å²) in [4.78, 5) is 34.9. The van der Waals surface area contributed by atoms with Crippen molar-refractivity contribution in [3.63, 3.8) is 0 Å². The van der Waals surface area contributed by atoms with Gasteiger partial charge in [-0.15, -0.1) is 0 Å². The molecule has 1 heterocycles. The zero-order valence-corrected chi connectivity index (χ0v) is 15.8. The summed E-state index contributed by atoms with van der Waals surface area (Å²) in [5.74, 6) is -0.979. The van der Waals surface area contributed by atoms with Gasteiger partial charge in [-0.1, -0.05) is 12.1 Å². The van der Waals surface area contributed by atoms with Crippen molar-refractivity contribution in [1.82, 2.24) is 9.78 Å². The number of hydrogen-bond acceptors (Lipinski definition) is 6. The lowest BCUT2D eigenvalue weighted by molar-refractivity contribution is -0.385. The fourth-order valence-electron chi connectivity index (χ4n) is 2.77. The number of ether oxygens (including phenoxy) is 1. The SMILES string of the molecule is CCOC(=O)c1ccn(-c2cccc(NC(=O)c3cccc([N+](=O)[O-])c3C)c2)n1. The third kappa shape index (κ3) is 4.29. The number of nitro benzene ring substituents is 1. The zero-order valence-electron chi connectivity index (χ0n) is 15.8. The summed E-state index contributed by atoms with van der Waals surface area (Å²) < 4.78 is 6.41. The number of nitro groups is 1. The Morgan fingerprint density at radius 1 is 1.21 bits per heavy atom. The van der Waals surface area contributed by atoms with Crippen molar-refractivity contribution >= 4 is 23.3 Å². The lowest BCUT2D eigenvalue weighted by Crippen LogP contribution is -2.14. The molecule has 0 aliphatic rings. The Hall–Kier alpha value is -4.01. The molecule has 0 fully saturated rings. The molecule has 0 aliphatic heterocycles. The molecule has 0 unspecified atom stereocenters. The molecule has 0 saturated heterocycles. The van der Waals surface area contributed by atoms with E-state index in [1.807, 2.05) is 0 Å². The van der Waals surface area contributed by atoms with Crippen molar-refractivity contribution in [1.29, 1.82) is 0 Å². The first kappa shape index (κ1) is 19.7. The Balaban J connectivity index is 1.82. The lowest BCUT2D eigenvalue weighted by Gasteiger charge is -2.09. The molecule has 1 aromatic heterocycles. The Bertz CT molecular complexity index is 1090. The van der Waals surface area contributed by atoms with E-state index >= 15 is 0 Å². The van der Waals surface area contributed by atoms with Gasteiger partial charge in [-0.05, 0) is 44.2 Å². The number of nitrogens with zero attached hydrogens (tertiary/aromatic N) is 3. The predicted molar refractivity (Wildman–Crippen MR) is 105 cm³/mol. The van der Waals surface area contributed by atoms with E-state index < -0.39 is 16.8 Å². The third-order valence-corrected chi connectivity index (χ3v) is 4.19. The largest absolute Gasteiger partial charge is 0.461 e. The number of anilines is 1. The van der Waals surface area contributed by atoms with Gasteiger partial charge in [-0.2, -0.15) is 5.10 Å². The molecule has 0 aliphatic carbocycles. The minimum Gasteiger partial charge on any atom is -0.461 e. The minimum absolute atomic E-state index is 0.116. The van der Waals surface area contributed by atoms with Gasteiger partial charge in [-0.3, -0.25) is 14.9 Å². The molecule has 1 amide bonds. The maximum atomic E-state index is 12.6. The van der Waals surface area contributed by atoms with E-state index in [2.05, 4.69) is 10.4 Å². The van der Waals surface area contributed by atoms with E-state index in [4.69, 9.17) is 4.74 Å². The van der Waals surface area contributed by atoms with Gasteiger partial charge < -0.3 is 10.1 Å². The molecule has 3 rings (SSSR count). The molecule has 0 saturated carbocycles. The third-order valence-electron chi connectivity index (χ3n) is 4.19. The molecule has 3 aromatic rings. The van der Waals surface area contributed by atoms with Gasteiger partial charge in [0.05, 0.1) is 17.2 Å². The van der Waals surface area contributed by atoms with Gasteiger partial charge in [0.25, 0.3) is 11.6 Å². The van der Waals surface area contributed by atoms with Crippen molar-refractivity contribution in [2.75, 3.05) is 11.9 Å². The number of carbonyl (C=O) groups is 2. The Morgan fingerprint density at radius 2 is 1.97 bits per heavy atom. The topological polar surface area (TPSA) is 116 Å². The van der Waals surface area contributed by atoms with Crippen LogP contribution in [0.4, 0.5) is 11.4 Å². The molecule has 9 heteroatoms. The molecule has 0 atom stereocenters. The summed E-state index contributed by atoms with van der Waals surface area (Å²) in [5.41, 5.74) is 1.66. The maximum Gasteiger partial charge on any atom is 0.358 e. The number of benzene rings is 2. The Labute approximate surface area is 166 Å². The highest BCUT2D eigenvalue weighted by Gasteiger charge is 2.18. The van der Waals surface area contributed by atoms with Crippen LogP contribution in [0, 0.1) is 17.0 Å². The van der Waals surface area contributed by atoms with Crippen molar-refractivity contribution in [3.05, 3.63) is 81.7 Å². The van der Waals surface area contributed by atoms with E-state index in [0.29, 0.717) is 11.4 Å². The summed E-state index contributed by atoms with van der Waals surface area (Å²) in [7, 11) is 0. The highest BCUT2D eigenvalue weighted by molar-refractivity contribution is 6.06. The second-order valence-corrected chi connectivity index (χ2v) is 6.08. The monoisotopic (exact) mass is 394 g/mol. The van der Waals surface area contributed by atoms with Crippen LogP contribution in [0.3, 0.4) is 0 Å². The van der Waals surface area contributed by atoms with Crippen LogP contribution in [-0.4, -0.2) is 33.2 Å². The Kier molecular flexibility index (Phi) is 5.68. The molecule has 0 bridgehead atoms. The summed E-state index contributed by atoms with van der Waals surface area (Å²) >= 11 is 0. The smallest absolute Gasteiger partial charge is 0.358 e. The van der Waals surface area contributed by atoms with Crippen molar-refractivity contribution < 1.29 is 19.2 Å². The van der Waals surface area contributed by atoms with Crippen molar-refractivity contribution in [2.24, 2.45) is 0 Å². The van der Waals surface area contributed by atoms with Crippen LogP contribution in [-0.2, 0) is 4.74 Å². The van der Waals surface area contributed by atoms with Gasteiger partial charge in [-0.25, -0.2) is 9.48 Å². The number of aromatic nitrogens is 2. The molecule has 29 heavy (non-hydrogen) atoms.